The number of carbonyl (C=O) groups excluding carboxylic acids is 6. The number of quaternary nitrogens is 1. The topological polar surface area (TPSA) is 404 Å². The molecule has 0 fully saturated rings. The molecule has 33 heteroatoms. The first-order valence-electron chi connectivity index (χ1n) is 32.5. The number of anilines is 5. The number of hydrogen-bond acceptors (Lipinski definition) is 23. The zero-order valence-electron chi connectivity index (χ0n) is 56.7. The summed E-state index contributed by atoms with van der Waals surface area (Å²) >= 11 is 2.76. The highest BCUT2D eigenvalue weighted by atomic mass is 32.1. The van der Waals surface area contributed by atoms with Crippen LogP contribution in [0, 0.1) is 30.5 Å². The highest BCUT2D eigenvalue weighted by molar-refractivity contribution is 7.22. The number of carboxylic acid groups (broad SMARTS) is 3. The summed E-state index contributed by atoms with van der Waals surface area (Å²) in [5.41, 5.74) is 9.94. The van der Waals surface area contributed by atoms with Gasteiger partial charge in [-0.1, -0.05) is 49.3 Å². The quantitative estimate of drug-likeness (QED) is 0.00863. The lowest BCUT2D eigenvalue weighted by Crippen LogP contribution is -2.54. The van der Waals surface area contributed by atoms with E-state index in [-0.39, 0.29) is 93.4 Å². The Morgan fingerprint density at radius 2 is 1.61 bits per heavy atom. The van der Waals surface area contributed by atoms with E-state index in [1.807, 2.05) is 50.2 Å². The maximum Gasteiger partial charge on any atom is 0.355 e. The number of thiazole rings is 2. The molecular weight excluding hydrogens is 1350 g/mol. The van der Waals surface area contributed by atoms with E-state index in [2.05, 4.69) is 58.6 Å². The molecule has 0 aliphatic carbocycles. The first kappa shape index (κ1) is 76.8. The normalized spacial score (nSPS) is 13.7. The fraction of sp³-hybridized carbons (Fsp3) is 0.426. The third-order valence-electron chi connectivity index (χ3n) is 16.2. The van der Waals surface area contributed by atoms with Crippen LogP contribution in [-0.2, 0) is 69.0 Å². The Labute approximate surface area is 589 Å². The van der Waals surface area contributed by atoms with Gasteiger partial charge in [0, 0.05) is 71.5 Å². The Bertz CT molecular complexity index is 4070. The summed E-state index contributed by atoms with van der Waals surface area (Å²) < 4.78 is 28.3. The second-order valence-electron chi connectivity index (χ2n) is 25.1. The molecule has 0 spiro atoms. The van der Waals surface area contributed by atoms with E-state index in [9.17, 15) is 63.6 Å². The number of nitrogens with one attached hydrogen (secondary N) is 5. The number of carboxylic acids is 3. The molecule has 538 valence electrons. The molecular formula is C68H83FN15O15S2+. The van der Waals surface area contributed by atoms with Crippen LogP contribution in [0.2, 0.25) is 0 Å². The Morgan fingerprint density at radius 1 is 0.871 bits per heavy atom. The number of nitrogens with zero attached hydrogens (tertiary/aromatic N) is 9. The number of aliphatic carboxylic acids is 2. The van der Waals surface area contributed by atoms with Crippen LogP contribution in [0.5, 0.6) is 5.75 Å². The molecule has 101 heavy (non-hydrogen) atoms. The van der Waals surface area contributed by atoms with Crippen molar-refractivity contribution in [3.63, 3.8) is 0 Å². The van der Waals surface area contributed by atoms with Crippen LogP contribution in [0.1, 0.15) is 89.1 Å². The van der Waals surface area contributed by atoms with Crippen LogP contribution in [0.4, 0.5) is 32.0 Å². The average molecular weight is 1430 g/mol. The number of aryl methyl sites for hydroxylation is 1. The van der Waals surface area contributed by atoms with Gasteiger partial charge in [0.25, 0.3) is 11.8 Å². The lowest BCUT2D eigenvalue weighted by Gasteiger charge is -2.30. The van der Waals surface area contributed by atoms with Crippen LogP contribution in [0.15, 0.2) is 72.8 Å². The van der Waals surface area contributed by atoms with E-state index in [0.29, 0.717) is 62.9 Å². The molecule has 3 aromatic carbocycles. The number of benzene rings is 3. The van der Waals surface area contributed by atoms with Crippen molar-refractivity contribution in [2.75, 3.05) is 102 Å². The molecule has 0 saturated heterocycles. The average Bonchev–Trinajstić information content (AvgIpc) is 1.75. The van der Waals surface area contributed by atoms with E-state index >= 15 is 4.39 Å². The van der Waals surface area contributed by atoms with Crippen molar-refractivity contribution in [2.45, 2.75) is 97.2 Å². The summed E-state index contributed by atoms with van der Waals surface area (Å²) in [4.78, 5) is 129. The Morgan fingerprint density at radius 3 is 2.31 bits per heavy atom. The Hall–Kier alpha value is -9.92. The maximum atomic E-state index is 15.7. The van der Waals surface area contributed by atoms with Gasteiger partial charge in [-0.2, -0.15) is 0 Å². The maximum absolute atomic E-state index is 15.7. The predicted molar refractivity (Wildman–Crippen MR) is 373 cm³/mol. The van der Waals surface area contributed by atoms with Gasteiger partial charge in [0.2, 0.25) is 23.6 Å². The zero-order valence-corrected chi connectivity index (χ0v) is 58.4. The number of hydrogen-bond donors (Lipinski definition) is 10. The fourth-order valence-electron chi connectivity index (χ4n) is 11.1. The van der Waals surface area contributed by atoms with Gasteiger partial charge in [0.1, 0.15) is 25.2 Å². The molecule has 30 nitrogen and oxygen atoms in total. The van der Waals surface area contributed by atoms with Crippen LogP contribution in [-0.4, -0.2) is 218 Å². The van der Waals surface area contributed by atoms with E-state index in [1.165, 1.54) is 46.8 Å². The van der Waals surface area contributed by atoms with Crippen LogP contribution >= 0.6 is 22.7 Å². The second-order valence-corrected chi connectivity index (χ2v) is 27.2. The standard InChI is InChI=1S/C68H82FN15O15S2/c1-40(2)59(75-53(85)25-31-98-32-28-82-54(86)23-24-55(82)87)64(94)73-49(16-9-26-71-66(70)97)63(93)72-45-21-20-43(44(34-45)35-80(4)56(88)36-81(37-57(89)90)38-58(91)92)39-84(5,6)29-11-13-42-19-22-50(47(69)33-42)99-30-12-18-52-60(65(95)96)76-68(101-52)83-27-10-14-46-41(3)61(78-79-62(46)83)77-67-74-48-15-7-8-17-51(48)100-67/h7-8,15,17,19-24,33-34,40,49,59,66,71,97H,9-10,12,14,16,18,25-32,35-39,70H2,1-6H3,(H6-,72,73,74,75,77,78,85,89,90,91,92,93,94,95,96)/p+1/t49-,59-,66?/m0/s1. The molecule has 8 rings (SSSR count). The SMILES string of the molecule is Cc1c(Nc2nc3ccccc3s2)nnc2c1CCCN2c1nc(C(=O)O)c(CCCOc2ccc(C#CC[N+](C)(C)Cc3ccc(NC(=O)[C@H](CCCNC(N)O)NC(=O)[C@@H](NC(=O)CCOCCN4C(=O)C=CC4=O)C(C)C)cc3CN(C)C(=O)CN(CC(=O)O)CC(=O)O)cc2F)s1. The molecule has 6 aromatic rings. The third kappa shape index (κ3) is 22.3. The van der Waals surface area contributed by atoms with Gasteiger partial charge in [0.15, 0.2) is 45.5 Å². The van der Waals surface area contributed by atoms with Gasteiger partial charge < -0.3 is 65.4 Å². The highest BCUT2D eigenvalue weighted by Gasteiger charge is 2.32. The fourth-order valence-corrected chi connectivity index (χ4v) is 13.1. The number of aromatic carboxylic acids is 1. The van der Waals surface area contributed by atoms with E-state index in [1.54, 1.807) is 38.1 Å². The Kier molecular flexibility index (Phi) is 27.3. The second kappa shape index (κ2) is 35.9. The van der Waals surface area contributed by atoms with Gasteiger partial charge >= 0.3 is 17.9 Å². The number of nitrogens with two attached hydrogens (primary N) is 1. The van der Waals surface area contributed by atoms with Crippen molar-refractivity contribution < 1.29 is 81.9 Å². The first-order valence-corrected chi connectivity index (χ1v) is 34.2. The van der Waals surface area contributed by atoms with Crippen molar-refractivity contribution in [1.82, 2.24) is 50.8 Å². The summed E-state index contributed by atoms with van der Waals surface area (Å²) in [6.45, 7) is 4.40. The summed E-state index contributed by atoms with van der Waals surface area (Å²) in [5.74, 6) is -1.12. The van der Waals surface area contributed by atoms with Crippen molar-refractivity contribution in [3.05, 3.63) is 117 Å². The summed E-state index contributed by atoms with van der Waals surface area (Å²) in [6.07, 6.45) is 3.18. The van der Waals surface area contributed by atoms with Gasteiger partial charge in [-0.15, -0.1) is 21.5 Å². The van der Waals surface area contributed by atoms with Crippen molar-refractivity contribution >= 4 is 114 Å². The molecule has 0 bridgehead atoms. The van der Waals surface area contributed by atoms with Crippen LogP contribution < -0.4 is 42.0 Å². The molecule has 0 saturated carbocycles. The number of rotatable bonds is 37. The number of aliphatic hydroxyl groups excluding tert-OH is 1. The van der Waals surface area contributed by atoms with E-state index < -0.39 is 103 Å². The molecule has 5 heterocycles. The number of aliphatic hydroxyl groups is 1. The van der Waals surface area contributed by atoms with Crippen molar-refractivity contribution in [1.29, 1.82) is 0 Å². The number of fused-ring (bicyclic) bond motifs is 2. The summed E-state index contributed by atoms with van der Waals surface area (Å²) in [5, 5.41) is 63.3. The van der Waals surface area contributed by atoms with Gasteiger partial charge in [-0.3, -0.25) is 59.2 Å². The minimum absolute atomic E-state index is 0.0125. The van der Waals surface area contributed by atoms with Gasteiger partial charge in [-0.25, -0.2) is 19.2 Å². The smallest absolute Gasteiger partial charge is 0.355 e. The number of aromatic nitrogens is 4. The monoisotopic (exact) mass is 1430 g/mol. The molecule has 1 unspecified atom stereocenters. The highest BCUT2D eigenvalue weighted by Crippen LogP contribution is 2.39. The van der Waals surface area contributed by atoms with Crippen molar-refractivity contribution in [2.24, 2.45) is 11.7 Å². The minimum Gasteiger partial charge on any atom is -0.491 e. The molecule has 2 aliphatic rings. The number of ether oxygens (including phenoxy) is 2. The minimum atomic E-state index is -1.36. The number of para-hydroxylation sites is 1. The molecule has 6 amide bonds. The number of carbonyl (C=O) groups is 9. The Balaban J connectivity index is 0.901. The number of amides is 6. The van der Waals surface area contributed by atoms with E-state index in [0.717, 1.165) is 56.1 Å². The number of likely N-dealkylation sites (N-methyl/N-ethyl adjacent to an activating group) is 1. The molecule has 3 aromatic heterocycles. The zero-order chi connectivity index (χ0) is 73.1. The molecule has 3 atom stereocenters. The van der Waals surface area contributed by atoms with Gasteiger partial charge in [0.05, 0.1) is 70.3 Å². The first-order chi connectivity index (χ1) is 48.1. The summed E-state index contributed by atoms with van der Waals surface area (Å²) in [6, 6.07) is 14.8. The predicted octanol–water partition coefficient (Wildman–Crippen LogP) is 4.09. The van der Waals surface area contributed by atoms with Crippen molar-refractivity contribution in [3.8, 4) is 17.6 Å². The van der Waals surface area contributed by atoms with Crippen LogP contribution in [0.3, 0.4) is 0 Å². The third-order valence-corrected chi connectivity index (χ3v) is 18.3. The molecule has 2 aliphatic heterocycles. The van der Waals surface area contributed by atoms with Gasteiger partial charge in [-0.05, 0) is 112 Å². The lowest BCUT2D eigenvalue weighted by atomic mass is 10.0. The number of halogens is 1. The summed E-state index contributed by atoms with van der Waals surface area (Å²) in [7, 11) is 5.23. The van der Waals surface area contributed by atoms with Crippen LogP contribution in [0.25, 0.3) is 10.2 Å². The number of imide groups is 1. The molecule has 0 radical (unpaired) electrons. The largest absolute Gasteiger partial charge is 0.491 e. The lowest BCUT2D eigenvalue weighted by molar-refractivity contribution is -0.896. The van der Waals surface area contributed by atoms with E-state index in [4.69, 9.17) is 15.2 Å². The molecule has 11 N–H and O–H groups in total.